The van der Waals surface area contributed by atoms with Gasteiger partial charge in [-0.2, -0.15) is 0 Å². The average Bonchev–Trinajstić information content (AvgIpc) is 2.29. The first kappa shape index (κ1) is 16.2. The lowest BCUT2D eigenvalue weighted by molar-refractivity contribution is 0.217. The van der Waals surface area contributed by atoms with Crippen molar-refractivity contribution < 1.29 is 4.79 Å². The predicted octanol–water partition coefficient (Wildman–Crippen LogP) is 2.21. The Kier molecular flexibility index (Phi) is 9.92. The van der Waals surface area contributed by atoms with E-state index in [1.165, 1.54) is 32.1 Å². The Labute approximate surface area is 106 Å². The second kappa shape index (κ2) is 10.4. The van der Waals surface area contributed by atoms with E-state index in [4.69, 9.17) is 0 Å². The highest BCUT2D eigenvalue weighted by atomic mass is 16.2. The monoisotopic (exact) mass is 243 g/mol. The van der Waals surface area contributed by atoms with Gasteiger partial charge in [0, 0.05) is 33.2 Å². The molecule has 0 spiro atoms. The summed E-state index contributed by atoms with van der Waals surface area (Å²) in [7, 11) is 3.50. The van der Waals surface area contributed by atoms with Crippen LogP contribution in [0.15, 0.2) is 0 Å². The normalized spacial score (nSPS) is 12.2. The molecule has 17 heavy (non-hydrogen) atoms. The van der Waals surface area contributed by atoms with Crippen molar-refractivity contribution in [1.29, 1.82) is 0 Å². The Hall–Kier alpha value is -0.770. The van der Waals surface area contributed by atoms with E-state index in [9.17, 15) is 4.79 Å². The molecule has 4 heteroatoms. The molecular formula is C13H29N3O. The summed E-state index contributed by atoms with van der Waals surface area (Å²) in [6, 6.07) is 0.519. The minimum atomic E-state index is -0.0256. The van der Waals surface area contributed by atoms with Crippen LogP contribution in [0.25, 0.3) is 0 Å². The lowest BCUT2D eigenvalue weighted by Crippen LogP contribution is -2.40. The van der Waals surface area contributed by atoms with Gasteiger partial charge in [0.25, 0.3) is 0 Å². The van der Waals surface area contributed by atoms with Gasteiger partial charge in [-0.3, -0.25) is 0 Å². The fourth-order valence-electron chi connectivity index (χ4n) is 1.63. The van der Waals surface area contributed by atoms with Crippen LogP contribution in [-0.2, 0) is 0 Å². The number of urea groups is 1. The van der Waals surface area contributed by atoms with Crippen molar-refractivity contribution in [3.8, 4) is 0 Å². The maximum absolute atomic E-state index is 11.2. The van der Waals surface area contributed by atoms with Gasteiger partial charge in [0.15, 0.2) is 0 Å². The van der Waals surface area contributed by atoms with Gasteiger partial charge in [-0.05, 0) is 13.3 Å². The number of unbranched alkanes of at least 4 members (excludes halogenated alkanes) is 3. The first-order valence-electron chi connectivity index (χ1n) is 6.76. The summed E-state index contributed by atoms with van der Waals surface area (Å²) in [5, 5.41) is 6.26. The molecule has 1 atom stereocenters. The van der Waals surface area contributed by atoms with Crippen molar-refractivity contribution in [3.63, 3.8) is 0 Å². The first-order valence-corrected chi connectivity index (χ1v) is 6.76. The summed E-state index contributed by atoms with van der Waals surface area (Å²) in [5.74, 6) is 0. The van der Waals surface area contributed by atoms with Crippen LogP contribution in [0.5, 0.6) is 0 Å². The number of carbonyl (C=O) groups is 1. The summed E-state index contributed by atoms with van der Waals surface area (Å²) in [5.41, 5.74) is 0. The third kappa shape index (κ3) is 10.1. The van der Waals surface area contributed by atoms with E-state index in [1.54, 1.807) is 19.0 Å². The number of hydrogen-bond donors (Lipinski definition) is 2. The zero-order valence-electron chi connectivity index (χ0n) is 11.9. The molecule has 0 radical (unpaired) electrons. The van der Waals surface area contributed by atoms with E-state index in [1.807, 2.05) is 0 Å². The zero-order chi connectivity index (χ0) is 13.1. The number of carbonyl (C=O) groups excluding carboxylic acids is 1. The minimum absolute atomic E-state index is 0.0256. The second-order valence-corrected chi connectivity index (χ2v) is 4.83. The molecule has 0 fully saturated rings. The molecule has 0 heterocycles. The van der Waals surface area contributed by atoms with Crippen LogP contribution >= 0.6 is 0 Å². The second-order valence-electron chi connectivity index (χ2n) is 4.83. The number of hydrogen-bond acceptors (Lipinski definition) is 2. The molecule has 2 N–H and O–H groups in total. The first-order chi connectivity index (χ1) is 8.07. The van der Waals surface area contributed by atoms with E-state index in [-0.39, 0.29) is 6.03 Å². The van der Waals surface area contributed by atoms with Crippen molar-refractivity contribution in [1.82, 2.24) is 15.5 Å². The van der Waals surface area contributed by atoms with Gasteiger partial charge in [-0.1, -0.05) is 32.6 Å². The molecule has 102 valence electrons. The van der Waals surface area contributed by atoms with Crippen LogP contribution in [-0.4, -0.2) is 44.2 Å². The highest BCUT2D eigenvalue weighted by Gasteiger charge is 2.03. The molecule has 4 nitrogen and oxygen atoms in total. The standard InChI is InChI=1S/C13H29N3O/c1-5-6-7-8-9-12(2)14-10-11-15-13(17)16(3)4/h12,14H,5-11H2,1-4H3,(H,15,17). The maximum atomic E-state index is 11.2. The molecule has 0 aliphatic rings. The Morgan fingerprint density at radius 3 is 2.47 bits per heavy atom. The lowest BCUT2D eigenvalue weighted by Gasteiger charge is -2.15. The van der Waals surface area contributed by atoms with Gasteiger partial charge in [-0.15, -0.1) is 0 Å². The Balaban J connectivity index is 3.33. The smallest absolute Gasteiger partial charge is 0.316 e. The molecule has 1 unspecified atom stereocenters. The Bertz CT molecular complexity index is 195. The molecule has 0 aromatic heterocycles. The van der Waals surface area contributed by atoms with Crippen LogP contribution in [0.3, 0.4) is 0 Å². The zero-order valence-corrected chi connectivity index (χ0v) is 11.9. The van der Waals surface area contributed by atoms with Gasteiger partial charge >= 0.3 is 6.03 Å². The molecule has 0 aromatic rings. The van der Waals surface area contributed by atoms with Crippen LogP contribution in [0.2, 0.25) is 0 Å². The summed E-state index contributed by atoms with van der Waals surface area (Å²) >= 11 is 0. The molecule has 0 aromatic carbocycles. The minimum Gasteiger partial charge on any atom is -0.337 e. The Morgan fingerprint density at radius 1 is 1.18 bits per heavy atom. The van der Waals surface area contributed by atoms with E-state index in [2.05, 4.69) is 24.5 Å². The lowest BCUT2D eigenvalue weighted by atomic mass is 10.1. The predicted molar refractivity (Wildman–Crippen MR) is 73.3 cm³/mol. The van der Waals surface area contributed by atoms with E-state index < -0.39 is 0 Å². The van der Waals surface area contributed by atoms with Crippen molar-refractivity contribution >= 4 is 6.03 Å². The average molecular weight is 243 g/mol. The molecule has 0 rings (SSSR count). The molecule has 0 saturated heterocycles. The van der Waals surface area contributed by atoms with E-state index in [0.29, 0.717) is 12.6 Å². The van der Waals surface area contributed by atoms with Crippen LogP contribution in [0.1, 0.15) is 46.0 Å². The van der Waals surface area contributed by atoms with Crippen molar-refractivity contribution in [3.05, 3.63) is 0 Å². The molecular weight excluding hydrogens is 214 g/mol. The number of nitrogens with one attached hydrogen (secondary N) is 2. The van der Waals surface area contributed by atoms with E-state index in [0.717, 1.165) is 6.54 Å². The van der Waals surface area contributed by atoms with Crippen LogP contribution < -0.4 is 10.6 Å². The molecule has 2 amide bonds. The summed E-state index contributed by atoms with van der Waals surface area (Å²) in [6.07, 6.45) is 6.48. The SMILES string of the molecule is CCCCCCC(C)NCCNC(=O)N(C)C. The number of rotatable bonds is 9. The van der Waals surface area contributed by atoms with Gasteiger partial charge in [0.1, 0.15) is 0 Å². The number of nitrogens with zero attached hydrogens (tertiary/aromatic N) is 1. The third-order valence-electron chi connectivity index (χ3n) is 2.79. The summed E-state index contributed by atoms with van der Waals surface area (Å²) in [4.78, 5) is 12.8. The quantitative estimate of drug-likeness (QED) is 0.610. The van der Waals surface area contributed by atoms with Crippen LogP contribution in [0.4, 0.5) is 4.79 Å². The van der Waals surface area contributed by atoms with E-state index >= 15 is 0 Å². The Morgan fingerprint density at radius 2 is 1.88 bits per heavy atom. The van der Waals surface area contributed by atoms with Gasteiger partial charge in [0.05, 0.1) is 0 Å². The van der Waals surface area contributed by atoms with Crippen LogP contribution in [0, 0.1) is 0 Å². The molecule has 0 saturated carbocycles. The molecule has 0 aliphatic carbocycles. The number of amides is 2. The fourth-order valence-corrected chi connectivity index (χ4v) is 1.63. The topological polar surface area (TPSA) is 44.4 Å². The van der Waals surface area contributed by atoms with Gasteiger partial charge < -0.3 is 15.5 Å². The maximum Gasteiger partial charge on any atom is 0.316 e. The third-order valence-corrected chi connectivity index (χ3v) is 2.79. The van der Waals surface area contributed by atoms with Gasteiger partial charge in [-0.25, -0.2) is 4.79 Å². The van der Waals surface area contributed by atoms with Crippen molar-refractivity contribution in [2.45, 2.75) is 52.0 Å². The van der Waals surface area contributed by atoms with Crippen molar-refractivity contribution in [2.75, 3.05) is 27.2 Å². The largest absolute Gasteiger partial charge is 0.337 e. The summed E-state index contributed by atoms with van der Waals surface area (Å²) in [6.45, 7) is 5.97. The molecule has 0 bridgehead atoms. The van der Waals surface area contributed by atoms with Gasteiger partial charge in [0.2, 0.25) is 0 Å². The molecule has 0 aliphatic heterocycles. The highest BCUT2D eigenvalue weighted by Crippen LogP contribution is 2.04. The fraction of sp³-hybridized carbons (Fsp3) is 0.923. The van der Waals surface area contributed by atoms with Crippen molar-refractivity contribution in [2.24, 2.45) is 0 Å². The highest BCUT2D eigenvalue weighted by molar-refractivity contribution is 5.73. The summed E-state index contributed by atoms with van der Waals surface area (Å²) < 4.78 is 0.